The number of alkyl halides is 3. The Bertz CT molecular complexity index is 544. The van der Waals surface area contributed by atoms with Gasteiger partial charge in [-0.25, -0.2) is 0 Å². The first-order valence-corrected chi connectivity index (χ1v) is 7.20. The normalized spacial score (nSPS) is 14.5. The highest BCUT2D eigenvalue weighted by Gasteiger charge is 2.35. The zero-order chi connectivity index (χ0) is 17.1. The van der Waals surface area contributed by atoms with E-state index in [1.165, 1.54) is 27.0 Å². The second-order valence-electron chi connectivity index (χ2n) is 5.34. The van der Waals surface area contributed by atoms with Gasteiger partial charge in [0.15, 0.2) is 0 Å². The molecule has 0 radical (unpaired) electrons. The van der Waals surface area contributed by atoms with Crippen LogP contribution < -0.4 is 5.32 Å². The molecule has 2 atom stereocenters. The van der Waals surface area contributed by atoms with Gasteiger partial charge in [-0.3, -0.25) is 4.79 Å². The van der Waals surface area contributed by atoms with Crippen LogP contribution in [0.3, 0.4) is 0 Å². The van der Waals surface area contributed by atoms with Gasteiger partial charge in [0, 0.05) is 13.0 Å². The summed E-state index contributed by atoms with van der Waals surface area (Å²) in [6.45, 7) is 2.90. The van der Waals surface area contributed by atoms with Gasteiger partial charge in [0.25, 0.3) is 0 Å². The number of ketones is 1. The van der Waals surface area contributed by atoms with Crippen LogP contribution >= 0.6 is 11.6 Å². The Kier molecular flexibility index (Phi) is 6.26. The van der Waals surface area contributed by atoms with Gasteiger partial charge in [-0.1, -0.05) is 11.6 Å². The van der Waals surface area contributed by atoms with Crippen molar-refractivity contribution in [1.82, 2.24) is 0 Å². The Morgan fingerprint density at radius 3 is 2.41 bits per heavy atom. The molecule has 0 aromatic heterocycles. The van der Waals surface area contributed by atoms with Crippen LogP contribution in [-0.4, -0.2) is 24.0 Å². The van der Waals surface area contributed by atoms with Crippen molar-refractivity contribution < 1.29 is 23.1 Å². The zero-order valence-electron chi connectivity index (χ0n) is 12.6. The van der Waals surface area contributed by atoms with Crippen molar-refractivity contribution in [3.05, 3.63) is 28.3 Å². The van der Waals surface area contributed by atoms with Crippen molar-refractivity contribution in [2.24, 2.45) is 5.92 Å². The number of aliphatic hydroxyl groups is 1. The first-order valence-electron chi connectivity index (χ1n) is 6.82. The van der Waals surface area contributed by atoms with Gasteiger partial charge in [-0.05, 0) is 44.4 Å². The quantitative estimate of drug-likeness (QED) is 0.827. The lowest BCUT2D eigenvalue weighted by molar-refractivity contribution is -0.137. The van der Waals surface area contributed by atoms with Crippen LogP contribution in [0, 0.1) is 5.92 Å². The van der Waals surface area contributed by atoms with Crippen LogP contribution in [0.4, 0.5) is 18.9 Å². The minimum absolute atomic E-state index is 0.0494. The Morgan fingerprint density at radius 1 is 1.41 bits per heavy atom. The molecule has 0 aliphatic heterocycles. The average molecular weight is 338 g/mol. The minimum Gasteiger partial charge on any atom is -0.393 e. The number of carbonyl (C=O) groups is 1. The molecule has 1 unspecified atom stereocenters. The predicted molar refractivity (Wildman–Crippen MR) is 80.2 cm³/mol. The SMILES string of the molecule is CNc1c(Cl)cc(C[C@@H](CC(C)O)C(C)=O)cc1C(F)(F)F. The lowest BCUT2D eigenvalue weighted by atomic mass is 9.90. The molecule has 22 heavy (non-hydrogen) atoms. The number of aliphatic hydroxyl groups excluding tert-OH is 1. The molecular formula is C15H19ClF3NO2. The van der Waals surface area contributed by atoms with Gasteiger partial charge in [0.05, 0.1) is 22.4 Å². The van der Waals surface area contributed by atoms with E-state index in [2.05, 4.69) is 5.32 Å². The summed E-state index contributed by atoms with van der Waals surface area (Å²) >= 11 is 5.91. The highest BCUT2D eigenvalue weighted by molar-refractivity contribution is 6.33. The van der Waals surface area contributed by atoms with Crippen molar-refractivity contribution in [3.63, 3.8) is 0 Å². The summed E-state index contributed by atoms with van der Waals surface area (Å²) in [5, 5.41) is 11.8. The van der Waals surface area contributed by atoms with Gasteiger partial charge < -0.3 is 10.4 Å². The molecule has 0 saturated carbocycles. The topological polar surface area (TPSA) is 49.3 Å². The van der Waals surface area contributed by atoms with Crippen LogP contribution in [0.2, 0.25) is 5.02 Å². The molecule has 2 N–H and O–H groups in total. The van der Waals surface area contributed by atoms with Gasteiger partial charge >= 0.3 is 6.18 Å². The zero-order valence-corrected chi connectivity index (χ0v) is 13.3. The van der Waals surface area contributed by atoms with Crippen LogP contribution in [0.25, 0.3) is 0 Å². The van der Waals surface area contributed by atoms with E-state index in [-0.39, 0.29) is 29.3 Å². The monoisotopic (exact) mass is 337 g/mol. The molecule has 0 bridgehead atoms. The Morgan fingerprint density at radius 2 is 2.00 bits per heavy atom. The molecule has 124 valence electrons. The summed E-state index contributed by atoms with van der Waals surface area (Å²) in [7, 11) is 1.36. The first-order chi connectivity index (χ1) is 10.1. The van der Waals surface area contributed by atoms with Crippen LogP contribution in [0.15, 0.2) is 12.1 Å². The Balaban J connectivity index is 3.20. The number of benzene rings is 1. The molecule has 0 heterocycles. The van der Waals surface area contributed by atoms with Gasteiger partial charge in [-0.15, -0.1) is 0 Å². The van der Waals surface area contributed by atoms with E-state index in [9.17, 15) is 23.1 Å². The molecule has 0 aliphatic carbocycles. The van der Waals surface area contributed by atoms with Crippen molar-refractivity contribution in [1.29, 1.82) is 0 Å². The second kappa shape index (κ2) is 7.33. The van der Waals surface area contributed by atoms with Crippen molar-refractivity contribution in [3.8, 4) is 0 Å². The number of hydrogen-bond acceptors (Lipinski definition) is 3. The van der Waals surface area contributed by atoms with Crippen molar-refractivity contribution in [2.75, 3.05) is 12.4 Å². The highest BCUT2D eigenvalue weighted by Crippen LogP contribution is 2.39. The molecule has 0 saturated heterocycles. The summed E-state index contributed by atoms with van der Waals surface area (Å²) in [5.74, 6) is -0.721. The number of hydrogen-bond donors (Lipinski definition) is 2. The number of carbonyl (C=O) groups excluding carboxylic acids is 1. The number of halogens is 4. The summed E-state index contributed by atoms with van der Waals surface area (Å²) in [4.78, 5) is 11.6. The maximum Gasteiger partial charge on any atom is 0.418 e. The number of anilines is 1. The van der Waals surface area contributed by atoms with Gasteiger partial charge in [-0.2, -0.15) is 13.2 Å². The molecule has 1 aromatic carbocycles. The molecule has 1 rings (SSSR count). The molecule has 0 fully saturated rings. The van der Waals surface area contributed by atoms with E-state index in [1.54, 1.807) is 0 Å². The van der Waals surface area contributed by atoms with E-state index in [1.807, 2.05) is 0 Å². The van der Waals surface area contributed by atoms with Crippen LogP contribution in [0.5, 0.6) is 0 Å². The third-order valence-corrected chi connectivity index (χ3v) is 3.69. The van der Waals surface area contributed by atoms with E-state index >= 15 is 0 Å². The summed E-state index contributed by atoms with van der Waals surface area (Å²) in [6, 6.07) is 2.41. The molecule has 0 amide bonds. The first kappa shape index (κ1) is 18.8. The lowest BCUT2D eigenvalue weighted by Gasteiger charge is -2.19. The van der Waals surface area contributed by atoms with Gasteiger partial charge in [0.1, 0.15) is 5.78 Å². The molecule has 1 aromatic rings. The van der Waals surface area contributed by atoms with E-state index in [0.29, 0.717) is 5.56 Å². The molecular weight excluding hydrogens is 319 g/mol. The van der Waals surface area contributed by atoms with Crippen molar-refractivity contribution >= 4 is 23.1 Å². The van der Waals surface area contributed by atoms with E-state index in [4.69, 9.17) is 11.6 Å². The summed E-state index contributed by atoms with van der Waals surface area (Å²) in [6.07, 6.45) is -4.95. The van der Waals surface area contributed by atoms with E-state index < -0.39 is 23.8 Å². The fourth-order valence-corrected chi connectivity index (χ4v) is 2.68. The molecule has 3 nitrogen and oxygen atoms in total. The third kappa shape index (κ3) is 4.88. The molecule has 0 spiro atoms. The largest absolute Gasteiger partial charge is 0.418 e. The van der Waals surface area contributed by atoms with E-state index in [0.717, 1.165) is 6.07 Å². The number of rotatable bonds is 6. The van der Waals surface area contributed by atoms with Gasteiger partial charge in [0.2, 0.25) is 0 Å². The average Bonchev–Trinajstić information content (AvgIpc) is 2.35. The van der Waals surface area contributed by atoms with Crippen LogP contribution in [-0.2, 0) is 17.4 Å². The fourth-order valence-electron chi connectivity index (χ4n) is 2.35. The predicted octanol–water partition coefficient (Wildman–Crippen LogP) is 3.92. The summed E-state index contributed by atoms with van der Waals surface area (Å²) < 4.78 is 39.3. The summed E-state index contributed by atoms with van der Waals surface area (Å²) in [5.41, 5.74) is -0.734. The fraction of sp³-hybridized carbons (Fsp3) is 0.533. The number of Topliss-reactive ketones (excluding diaryl/α,β-unsaturated/α-hetero) is 1. The smallest absolute Gasteiger partial charge is 0.393 e. The maximum absolute atomic E-state index is 13.1. The minimum atomic E-state index is -4.55. The Hall–Kier alpha value is -1.27. The highest BCUT2D eigenvalue weighted by atomic mass is 35.5. The standard InChI is InChI=1S/C15H19ClF3NO2/c1-8(21)4-11(9(2)22)5-10-6-12(15(17,18)19)14(20-3)13(16)7-10/h6-8,11,20-21H,4-5H2,1-3H3/t8?,11-/m1/s1. The Labute approximate surface area is 132 Å². The van der Waals surface area contributed by atoms with Crippen LogP contribution in [0.1, 0.15) is 31.4 Å². The molecule has 7 heteroatoms. The second-order valence-corrected chi connectivity index (χ2v) is 5.75. The third-order valence-electron chi connectivity index (χ3n) is 3.39. The number of nitrogens with one attached hydrogen (secondary N) is 1. The van der Waals surface area contributed by atoms with Crippen molar-refractivity contribution in [2.45, 2.75) is 39.0 Å². The maximum atomic E-state index is 13.1. The lowest BCUT2D eigenvalue weighted by Crippen LogP contribution is -2.20. The molecule has 0 aliphatic rings.